The van der Waals surface area contributed by atoms with E-state index in [1.165, 1.54) is 6.33 Å². The molecule has 4 aromatic rings. The van der Waals surface area contributed by atoms with E-state index < -0.39 is 5.97 Å². The molecule has 2 heterocycles. The minimum atomic E-state index is -1.03. The summed E-state index contributed by atoms with van der Waals surface area (Å²) in [6.07, 6.45) is 2.91. The SMILES string of the molecule is CCCc1cc(-c2cc(NCCn3c(C)cc4c(OC)cc(Cl)cc43)ncn2)cc(Cl)c1C(=O)O. The second kappa shape index (κ2) is 10.5. The monoisotopic (exact) mass is 512 g/mol. The highest BCUT2D eigenvalue weighted by Crippen LogP contribution is 2.33. The van der Waals surface area contributed by atoms with Crippen molar-refractivity contribution in [2.75, 3.05) is 19.0 Å². The first-order chi connectivity index (χ1) is 16.8. The van der Waals surface area contributed by atoms with Crippen LogP contribution in [0.4, 0.5) is 5.82 Å². The van der Waals surface area contributed by atoms with Crippen molar-refractivity contribution in [1.82, 2.24) is 14.5 Å². The van der Waals surface area contributed by atoms with Gasteiger partial charge in [0.25, 0.3) is 0 Å². The zero-order valence-corrected chi connectivity index (χ0v) is 21.2. The van der Waals surface area contributed by atoms with Crippen molar-refractivity contribution in [1.29, 1.82) is 0 Å². The first kappa shape index (κ1) is 24.8. The Balaban J connectivity index is 1.55. The highest BCUT2D eigenvalue weighted by atomic mass is 35.5. The number of carboxylic acid groups (broad SMARTS) is 1. The van der Waals surface area contributed by atoms with Gasteiger partial charge in [0.2, 0.25) is 0 Å². The van der Waals surface area contributed by atoms with Crippen LogP contribution in [0.25, 0.3) is 22.2 Å². The number of carbonyl (C=O) groups is 1. The maximum Gasteiger partial charge on any atom is 0.337 e. The third-order valence-electron chi connectivity index (χ3n) is 5.88. The van der Waals surface area contributed by atoms with Crippen LogP contribution < -0.4 is 10.1 Å². The van der Waals surface area contributed by atoms with Gasteiger partial charge in [0, 0.05) is 40.8 Å². The van der Waals surface area contributed by atoms with Crippen LogP contribution in [-0.4, -0.2) is 39.3 Å². The van der Waals surface area contributed by atoms with Crippen LogP contribution >= 0.6 is 23.2 Å². The molecule has 2 aromatic carbocycles. The molecule has 4 rings (SSSR count). The van der Waals surface area contributed by atoms with Crippen molar-refractivity contribution in [2.24, 2.45) is 0 Å². The Morgan fingerprint density at radius 3 is 2.66 bits per heavy atom. The number of rotatable bonds is 9. The van der Waals surface area contributed by atoms with E-state index in [0.29, 0.717) is 41.6 Å². The Morgan fingerprint density at radius 1 is 1.14 bits per heavy atom. The summed E-state index contributed by atoms with van der Waals surface area (Å²) in [4.78, 5) is 20.4. The van der Waals surface area contributed by atoms with E-state index in [1.54, 1.807) is 13.2 Å². The van der Waals surface area contributed by atoms with Gasteiger partial charge in [0.1, 0.15) is 17.9 Å². The van der Waals surface area contributed by atoms with Crippen molar-refractivity contribution in [3.05, 3.63) is 69.6 Å². The molecule has 7 nitrogen and oxygen atoms in total. The maximum atomic E-state index is 11.7. The summed E-state index contributed by atoms with van der Waals surface area (Å²) < 4.78 is 7.67. The second-order valence-electron chi connectivity index (χ2n) is 8.24. The number of nitrogens with zero attached hydrogens (tertiary/aromatic N) is 3. The largest absolute Gasteiger partial charge is 0.496 e. The van der Waals surface area contributed by atoms with Gasteiger partial charge in [-0.05, 0) is 49.2 Å². The molecule has 0 aliphatic carbocycles. The lowest BCUT2D eigenvalue weighted by Crippen LogP contribution is -2.12. The molecule has 2 N–H and O–H groups in total. The fourth-order valence-electron chi connectivity index (χ4n) is 4.32. The number of anilines is 1. The molecule has 0 radical (unpaired) electrons. The fourth-order valence-corrected chi connectivity index (χ4v) is 4.84. The molecule has 0 saturated heterocycles. The predicted molar refractivity (Wildman–Crippen MR) is 140 cm³/mol. The summed E-state index contributed by atoms with van der Waals surface area (Å²) in [7, 11) is 1.64. The van der Waals surface area contributed by atoms with Gasteiger partial charge in [0.05, 0.1) is 28.9 Å². The van der Waals surface area contributed by atoms with Gasteiger partial charge < -0.3 is 19.7 Å². The number of nitrogens with one attached hydrogen (secondary N) is 1. The van der Waals surface area contributed by atoms with Crippen LogP contribution in [0.2, 0.25) is 10.0 Å². The summed E-state index contributed by atoms with van der Waals surface area (Å²) in [6.45, 7) is 5.36. The topological polar surface area (TPSA) is 89.3 Å². The lowest BCUT2D eigenvalue weighted by atomic mass is 9.98. The number of benzene rings is 2. The number of aryl methyl sites for hydroxylation is 2. The van der Waals surface area contributed by atoms with Gasteiger partial charge >= 0.3 is 5.97 Å². The van der Waals surface area contributed by atoms with Crippen molar-refractivity contribution >= 4 is 45.9 Å². The molecule has 0 saturated carbocycles. The molecule has 0 bridgehead atoms. The summed E-state index contributed by atoms with van der Waals surface area (Å²) >= 11 is 12.6. The molecule has 0 unspecified atom stereocenters. The van der Waals surface area contributed by atoms with E-state index in [9.17, 15) is 9.90 Å². The van der Waals surface area contributed by atoms with Crippen molar-refractivity contribution in [3.63, 3.8) is 0 Å². The average Bonchev–Trinajstić information content (AvgIpc) is 3.13. The first-order valence-corrected chi connectivity index (χ1v) is 12.0. The van der Waals surface area contributed by atoms with Crippen LogP contribution in [0, 0.1) is 6.92 Å². The fraction of sp³-hybridized carbons (Fsp3) is 0.269. The molecule has 35 heavy (non-hydrogen) atoms. The normalized spacial score (nSPS) is 11.1. The molecule has 9 heteroatoms. The number of fused-ring (bicyclic) bond motifs is 1. The molecule has 0 spiro atoms. The molecule has 2 aromatic heterocycles. The van der Waals surface area contributed by atoms with Crippen molar-refractivity contribution in [3.8, 4) is 17.0 Å². The average molecular weight is 513 g/mol. The molecule has 182 valence electrons. The van der Waals surface area contributed by atoms with Gasteiger partial charge in [-0.25, -0.2) is 14.8 Å². The highest BCUT2D eigenvalue weighted by molar-refractivity contribution is 6.34. The molecule has 0 aliphatic rings. The van der Waals surface area contributed by atoms with Crippen LogP contribution in [-0.2, 0) is 13.0 Å². The maximum absolute atomic E-state index is 11.7. The molecular weight excluding hydrogens is 487 g/mol. The lowest BCUT2D eigenvalue weighted by Gasteiger charge is -2.13. The third-order valence-corrected chi connectivity index (χ3v) is 6.40. The molecule has 0 atom stereocenters. The Labute approximate surface area is 213 Å². The number of aromatic nitrogens is 3. The number of hydrogen-bond donors (Lipinski definition) is 2. The summed E-state index contributed by atoms with van der Waals surface area (Å²) in [5.41, 5.74) is 4.37. The molecule has 0 amide bonds. The molecule has 0 aliphatic heterocycles. The molecular formula is C26H26Cl2N4O3. The van der Waals surface area contributed by atoms with E-state index in [4.69, 9.17) is 27.9 Å². The third kappa shape index (κ3) is 5.21. The number of halogens is 2. The summed E-state index contributed by atoms with van der Waals surface area (Å²) in [6, 6.07) is 11.2. The van der Waals surface area contributed by atoms with Crippen LogP contribution in [0.15, 0.2) is 42.7 Å². The zero-order valence-electron chi connectivity index (χ0n) is 19.7. The minimum absolute atomic E-state index is 0.149. The van der Waals surface area contributed by atoms with Gasteiger partial charge in [-0.1, -0.05) is 36.5 Å². The number of carboxylic acids is 1. The van der Waals surface area contributed by atoms with Crippen LogP contribution in [0.1, 0.15) is 35.0 Å². The highest BCUT2D eigenvalue weighted by Gasteiger charge is 2.17. The second-order valence-corrected chi connectivity index (χ2v) is 9.08. The Hall–Kier alpha value is -3.29. The van der Waals surface area contributed by atoms with Gasteiger partial charge in [-0.15, -0.1) is 0 Å². The van der Waals surface area contributed by atoms with Gasteiger partial charge in [-0.3, -0.25) is 0 Å². The van der Waals surface area contributed by atoms with E-state index in [-0.39, 0.29) is 10.6 Å². The van der Waals surface area contributed by atoms with E-state index in [2.05, 4.69) is 32.8 Å². The summed E-state index contributed by atoms with van der Waals surface area (Å²) in [5.74, 6) is 0.384. The quantitative estimate of drug-likeness (QED) is 0.266. The number of hydrogen-bond acceptors (Lipinski definition) is 5. The van der Waals surface area contributed by atoms with E-state index in [0.717, 1.165) is 34.3 Å². The Bertz CT molecular complexity index is 1400. The Morgan fingerprint density at radius 2 is 1.94 bits per heavy atom. The minimum Gasteiger partial charge on any atom is -0.496 e. The van der Waals surface area contributed by atoms with Crippen LogP contribution in [0.5, 0.6) is 5.75 Å². The van der Waals surface area contributed by atoms with Crippen molar-refractivity contribution in [2.45, 2.75) is 33.2 Å². The standard InChI is InChI=1S/C26H26Cl2N4O3/c1-4-5-16-9-17(10-20(28)25(16)26(33)34)21-13-24(31-14-30-21)29-6-7-32-15(2)8-19-22(32)11-18(27)12-23(19)35-3/h8-14H,4-7H2,1-3H3,(H,33,34)(H,29,30,31). The molecule has 0 fully saturated rings. The van der Waals surface area contributed by atoms with E-state index in [1.807, 2.05) is 31.2 Å². The summed E-state index contributed by atoms with van der Waals surface area (Å²) in [5, 5.41) is 14.7. The first-order valence-electron chi connectivity index (χ1n) is 11.3. The smallest absolute Gasteiger partial charge is 0.337 e. The number of aromatic carboxylic acids is 1. The number of ether oxygens (including phenoxy) is 1. The lowest BCUT2D eigenvalue weighted by molar-refractivity contribution is 0.0696. The van der Waals surface area contributed by atoms with Crippen LogP contribution in [0.3, 0.4) is 0 Å². The number of methoxy groups -OCH3 is 1. The predicted octanol–water partition coefficient (Wildman–Crippen LogP) is 6.48. The van der Waals surface area contributed by atoms with E-state index >= 15 is 0 Å². The zero-order chi connectivity index (χ0) is 25.1. The van der Waals surface area contributed by atoms with Gasteiger partial charge in [-0.2, -0.15) is 0 Å². The van der Waals surface area contributed by atoms with Crippen molar-refractivity contribution < 1.29 is 14.6 Å². The Kier molecular flexibility index (Phi) is 7.48. The van der Waals surface area contributed by atoms with Gasteiger partial charge in [0.15, 0.2) is 0 Å².